The second-order valence-corrected chi connectivity index (χ2v) is 8.26. The van der Waals surface area contributed by atoms with E-state index >= 15 is 0 Å². The lowest BCUT2D eigenvalue weighted by atomic mass is 9.77. The highest BCUT2D eigenvalue weighted by molar-refractivity contribution is 5.86. The first kappa shape index (κ1) is 17.5. The first-order chi connectivity index (χ1) is 12.7. The zero-order chi connectivity index (χ0) is 18.0. The molecule has 0 aromatic carbocycles. The Hall–Kier alpha value is -1.92. The van der Waals surface area contributed by atoms with Gasteiger partial charge in [0.25, 0.3) is 0 Å². The van der Waals surface area contributed by atoms with Crippen molar-refractivity contribution in [2.75, 3.05) is 26.2 Å². The Labute approximate surface area is 154 Å². The van der Waals surface area contributed by atoms with E-state index in [4.69, 9.17) is 0 Å². The van der Waals surface area contributed by atoms with Crippen molar-refractivity contribution in [3.05, 3.63) is 12.7 Å². The number of aryl methyl sites for hydroxylation is 1. The second-order valence-electron chi connectivity index (χ2n) is 8.26. The Kier molecular flexibility index (Phi) is 4.96. The van der Waals surface area contributed by atoms with E-state index in [2.05, 4.69) is 15.0 Å². The topological polar surface area (TPSA) is 71.3 Å². The summed E-state index contributed by atoms with van der Waals surface area (Å²) < 4.78 is 1.75. The van der Waals surface area contributed by atoms with Gasteiger partial charge in [0.15, 0.2) is 0 Å². The normalized spacial score (nSPS) is 26.5. The van der Waals surface area contributed by atoms with Crippen LogP contribution in [0.2, 0.25) is 0 Å². The summed E-state index contributed by atoms with van der Waals surface area (Å²) in [6.07, 6.45) is 11.2. The molecule has 3 heterocycles. The Balaban J connectivity index is 1.29. The molecule has 0 unspecified atom stereocenters. The molecule has 2 aliphatic heterocycles. The summed E-state index contributed by atoms with van der Waals surface area (Å²) in [7, 11) is 0. The number of hydrogen-bond acceptors (Lipinski definition) is 4. The molecular weight excluding hydrogens is 330 g/mol. The summed E-state index contributed by atoms with van der Waals surface area (Å²) in [4.78, 5) is 33.6. The summed E-state index contributed by atoms with van der Waals surface area (Å²) in [5.74, 6) is 1.20. The van der Waals surface area contributed by atoms with Crippen LogP contribution in [0.25, 0.3) is 0 Å². The average Bonchev–Trinajstić information content (AvgIpc) is 3.25. The van der Waals surface area contributed by atoms with Gasteiger partial charge in [-0.1, -0.05) is 6.42 Å². The van der Waals surface area contributed by atoms with Crippen molar-refractivity contribution < 1.29 is 9.59 Å². The first-order valence-corrected chi connectivity index (χ1v) is 10.1. The number of carbonyl (C=O) groups excluding carboxylic acids is 2. The smallest absolute Gasteiger partial charge is 0.230 e. The van der Waals surface area contributed by atoms with Gasteiger partial charge in [0.05, 0.1) is 5.41 Å². The third kappa shape index (κ3) is 3.48. The zero-order valence-electron chi connectivity index (χ0n) is 15.5. The second kappa shape index (κ2) is 7.37. The summed E-state index contributed by atoms with van der Waals surface area (Å²) in [6, 6.07) is 0. The molecule has 142 valence electrons. The Morgan fingerprint density at radius 3 is 2.85 bits per heavy atom. The van der Waals surface area contributed by atoms with E-state index in [1.165, 1.54) is 25.6 Å². The minimum absolute atomic E-state index is 0.172. The van der Waals surface area contributed by atoms with Crippen LogP contribution in [0, 0.1) is 11.3 Å². The SMILES string of the molecule is O=C(CCCn1cncn1)N1CC[C@@]2(CCCN(CC3CCC3)C2=O)C1. The maximum Gasteiger partial charge on any atom is 0.230 e. The predicted octanol–water partition coefficient (Wildman–Crippen LogP) is 1.70. The van der Waals surface area contributed by atoms with Crippen molar-refractivity contribution in [3.63, 3.8) is 0 Å². The highest BCUT2D eigenvalue weighted by atomic mass is 16.2. The van der Waals surface area contributed by atoms with Gasteiger partial charge < -0.3 is 9.80 Å². The molecule has 7 nitrogen and oxygen atoms in total. The molecule has 1 spiro atoms. The van der Waals surface area contributed by atoms with Gasteiger partial charge >= 0.3 is 0 Å². The fraction of sp³-hybridized carbons (Fsp3) is 0.789. The van der Waals surface area contributed by atoms with Gasteiger partial charge in [-0.2, -0.15) is 5.10 Å². The predicted molar refractivity (Wildman–Crippen MR) is 96.0 cm³/mol. The van der Waals surface area contributed by atoms with E-state index in [-0.39, 0.29) is 11.3 Å². The molecule has 4 rings (SSSR count). The molecule has 1 aromatic rings. The molecule has 0 bridgehead atoms. The van der Waals surface area contributed by atoms with Gasteiger partial charge in [-0.05, 0) is 44.4 Å². The highest BCUT2D eigenvalue weighted by Crippen LogP contribution is 2.41. The summed E-state index contributed by atoms with van der Waals surface area (Å²) in [5, 5.41) is 4.06. The first-order valence-electron chi connectivity index (χ1n) is 10.1. The molecule has 3 fully saturated rings. The number of amides is 2. The highest BCUT2D eigenvalue weighted by Gasteiger charge is 2.49. The lowest BCUT2D eigenvalue weighted by Crippen LogP contribution is -2.52. The molecule has 0 radical (unpaired) electrons. The van der Waals surface area contributed by atoms with Crippen molar-refractivity contribution in [2.24, 2.45) is 11.3 Å². The molecule has 2 amide bonds. The van der Waals surface area contributed by atoms with E-state index in [1.54, 1.807) is 11.0 Å². The lowest BCUT2D eigenvalue weighted by Gasteiger charge is -2.42. The van der Waals surface area contributed by atoms with Crippen LogP contribution in [0.5, 0.6) is 0 Å². The molecule has 3 aliphatic rings. The third-order valence-electron chi connectivity index (χ3n) is 6.48. The zero-order valence-corrected chi connectivity index (χ0v) is 15.5. The van der Waals surface area contributed by atoms with Gasteiger partial charge in [0.1, 0.15) is 12.7 Å². The minimum Gasteiger partial charge on any atom is -0.342 e. The lowest BCUT2D eigenvalue weighted by molar-refractivity contribution is -0.147. The fourth-order valence-electron chi connectivity index (χ4n) is 4.68. The van der Waals surface area contributed by atoms with E-state index in [0.29, 0.717) is 31.3 Å². The van der Waals surface area contributed by atoms with Crippen LogP contribution in [0.3, 0.4) is 0 Å². The molecule has 1 saturated carbocycles. The van der Waals surface area contributed by atoms with Crippen molar-refractivity contribution in [1.82, 2.24) is 24.6 Å². The van der Waals surface area contributed by atoms with Crippen molar-refractivity contribution >= 4 is 11.8 Å². The van der Waals surface area contributed by atoms with Crippen molar-refractivity contribution in [1.29, 1.82) is 0 Å². The standard InChI is InChI=1S/C19H29N5O2/c25-17(6-2-10-24-15-20-14-21-24)23-11-8-19(13-23)7-3-9-22(18(19)26)12-16-4-1-5-16/h14-16H,1-13H2/t19-/m0/s1. The average molecular weight is 359 g/mol. The summed E-state index contributed by atoms with van der Waals surface area (Å²) >= 11 is 0. The van der Waals surface area contributed by atoms with E-state index in [9.17, 15) is 9.59 Å². The monoisotopic (exact) mass is 359 g/mol. The van der Waals surface area contributed by atoms with Crippen LogP contribution in [-0.4, -0.2) is 62.6 Å². The quantitative estimate of drug-likeness (QED) is 0.775. The molecular formula is C19H29N5O2. The number of piperidine rings is 1. The van der Waals surface area contributed by atoms with Gasteiger partial charge in [-0.15, -0.1) is 0 Å². The number of aromatic nitrogens is 3. The van der Waals surface area contributed by atoms with Crippen LogP contribution < -0.4 is 0 Å². The van der Waals surface area contributed by atoms with Crippen LogP contribution in [-0.2, 0) is 16.1 Å². The van der Waals surface area contributed by atoms with Crippen molar-refractivity contribution in [2.45, 2.75) is 57.9 Å². The maximum atomic E-state index is 13.1. The van der Waals surface area contributed by atoms with E-state index in [1.807, 2.05) is 4.90 Å². The summed E-state index contributed by atoms with van der Waals surface area (Å²) in [6.45, 7) is 3.90. The van der Waals surface area contributed by atoms with Crippen LogP contribution in [0.4, 0.5) is 0 Å². The molecule has 7 heteroatoms. The number of hydrogen-bond donors (Lipinski definition) is 0. The Morgan fingerprint density at radius 1 is 1.23 bits per heavy atom. The number of rotatable bonds is 6. The largest absolute Gasteiger partial charge is 0.342 e. The fourth-order valence-corrected chi connectivity index (χ4v) is 4.68. The van der Waals surface area contributed by atoms with Gasteiger partial charge in [-0.25, -0.2) is 4.98 Å². The molecule has 1 aliphatic carbocycles. The van der Waals surface area contributed by atoms with Gasteiger partial charge in [0.2, 0.25) is 11.8 Å². The summed E-state index contributed by atoms with van der Waals surface area (Å²) in [5.41, 5.74) is -0.302. The van der Waals surface area contributed by atoms with Crippen LogP contribution >= 0.6 is 0 Å². The van der Waals surface area contributed by atoms with Gasteiger partial charge in [0, 0.05) is 39.1 Å². The molecule has 1 atom stereocenters. The van der Waals surface area contributed by atoms with Crippen LogP contribution in [0.15, 0.2) is 12.7 Å². The van der Waals surface area contributed by atoms with E-state index in [0.717, 1.165) is 45.3 Å². The van der Waals surface area contributed by atoms with E-state index < -0.39 is 0 Å². The molecule has 26 heavy (non-hydrogen) atoms. The number of carbonyl (C=O) groups is 2. The van der Waals surface area contributed by atoms with Crippen molar-refractivity contribution in [3.8, 4) is 0 Å². The Bertz CT molecular complexity index is 642. The third-order valence-corrected chi connectivity index (χ3v) is 6.48. The Morgan fingerprint density at radius 2 is 2.12 bits per heavy atom. The molecule has 1 aromatic heterocycles. The maximum absolute atomic E-state index is 13.1. The minimum atomic E-state index is -0.302. The molecule has 0 N–H and O–H groups in total. The number of nitrogens with zero attached hydrogens (tertiary/aromatic N) is 5. The molecule has 2 saturated heterocycles. The van der Waals surface area contributed by atoms with Gasteiger partial charge in [-0.3, -0.25) is 14.3 Å². The van der Waals surface area contributed by atoms with Crippen LogP contribution in [0.1, 0.15) is 51.4 Å². The number of likely N-dealkylation sites (tertiary alicyclic amines) is 2.